The molecule has 0 unspecified atom stereocenters. The van der Waals surface area contributed by atoms with Crippen LogP contribution >= 0.6 is 0 Å². The second-order valence-corrected chi connectivity index (χ2v) is 14.6. The van der Waals surface area contributed by atoms with Gasteiger partial charge in [-0.3, -0.25) is 9.59 Å². The van der Waals surface area contributed by atoms with E-state index in [0.717, 1.165) is 61.6 Å². The lowest BCUT2D eigenvalue weighted by Crippen LogP contribution is -2.21. The molecule has 0 bridgehead atoms. The van der Waals surface area contributed by atoms with E-state index in [0.29, 0.717) is 41.4 Å². The highest BCUT2D eigenvalue weighted by Gasteiger charge is 2.31. The number of ether oxygens (including phenoxy) is 2. The lowest BCUT2D eigenvalue weighted by molar-refractivity contribution is -0.153. The van der Waals surface area contributed by atoms with E-state index in [-0.39, 0.29) is 25.7 Å². The Hall–Kier alpha value is -6.27. The fraction of sp³-hybridized carbons (Fsp3) is 0.381. The maximum absolute atomic E-state index is 12.9. The van der Waals surface area contributed by atoms with E-state index in [2.05, 4.69) is 30.6 Å². The van der Waals surface area contributed by atoms with Crippen LogP contribution in [0, 0.1) is 5.92 Å². The summed E-state index contributed by atoms with van der Waals surface area (Å²) >= 11 is 0. The molecule has 6 aromatic heterocycles. The molecule has 3 aliphatic rings. The van der Waals surface area contributed by atoms with E-state index in [1.54, 1.807) is 16.8 Å². The van der Waals surface area contributed by atoms with E-state index < -0.39 is 48.8 Å². The third-order valence-corrected chi connectivity index (χ3v) is 9.65. The molecular formula is C42H45F7N8O4. The number of amides is 2. The van der Waals surface area contributed by atoms with Gasteiger partial charge in [0, 0.05) is 51.6 Å². The summed E-state index contributed by atoms with van der Waals surface area (Å²) in [5.41, 5.74) is 1.96. The average Bonchev–Trinajstić information content (AvgIpc) is 4.15. The predicted molar refractivity (Wildman–Crippen MR) is 214 cm³/mol. The molecule has 0 atom stereocenters. The molecule has 9 rings (SSSR count). The van der Waals surface area contributed by atoms with Crippen molar-refractivity contribution in [3.05, 3.63) is 107 Å². The maximum Gasteiger partial charge on any atom is 0.422 e. The highest BCUT2D eigenvalue weighted by molar-refractivity contribution is 6.04. The molecule has 0 spiro atoms. The molecule has 61 heavy (non-hydrogen) atoms. The first-order chi connectivity index (χ1) is 29.3. The molecule has 0 saturated heterocycles. The number of rotatable bonds is 13. The average molecular weight is 859 g/mol. The zero-order valence-electron chi connectivity index (χ0n) is 32.9. The normalized spacial score (nSPS) is 14.9. The zero-order chi connectivity index (χ0) is 43.4. The number of carbonyl (C=O) groups excluding carboxylic acids is 2. The highest BCUT2D eigenvalue weighted by atomic mass is 19.4. The number of hydrogen-bond donors (Lipinski definition) is 2. The molecule has 0 aromatic carbocycles. The van der Waals surface area contributed by atoms with Crippen LogP contribution in [-0.4, -0.2) is 59.9 Å². The SMILES string of the molecule is CC.O=C(Nc1cn2cc(C3CC3)nc2cc1OCC(F)(F)F)c1cccc(C(F)F)n1.O=C(Nc1cn2cc(C3CC3)nc2cc1OCC1CC1)c1cccc(C(F)F)n1.[HH].[HH]. The summed E-state index contributed by atoms with van der Waals surface area (Å²) in [6.45, 7) is 3.01. The number of aromatic nitrogens is 6. The van der Waals surface area contributed by atoms with Crippen LogP contribution in [0.15, 0.2) is 73.3 Å². The number of imidazole rings is 2. The summed E-state index contributed by atoms with van der Waals surface area (Å²) in [5.74, 6) is 0.207. The summed E-state index contributed by atoms with van der Waals surface area (Å²) in [4.78, 5) is 41.5. The molecule has 0 radical (unpaired) electrons. The number of pyridine rings is 4. The molecule has 6 heterocycles. The van der Waals surface area contributed by atoms with Crippen LogP contribution < -0.4 is 20.1 Å². The van der Waals surface area contributed by atoms with E-state index in [1.807, 2.05) is 30.5 Å². The molecule has 3 saturated carbocycles. The third-order valence-electron chi connectivity index (χ3n) is 9.65. The molecule has 326 valence electrons. The zero-order valence-corrected chi connectivity index (χ0v) is 32.9. The lowest BCUT2D eigenvalue weighted by Gasteiger charge is -2.14. The number of fused-ring (bicyclic) bond motifs is 2. The Morgan fingerprint density at radius 3 is 1.52 bits per heavy atom. The smallest absolute Gasteiger partial charge is 0.422 e. The third kappa shape index (κ3) is 11.1. The molecule has 2 amide bonds. The topological polar surface area (TPSA) is 137 Å². The molecule has 3 fully saturated rings. The van der Waals surface area contributed by atoms with Crippen molar-refractivity contribution in [3.63, 3.8) is 0 Å². The van der Waals surface area contributed by atoms with Crippen LogP contribution in [-0.2, 0) is 0 Å². The number of hydrogen-bond acceptors (Lipinski definition) is 8. The van der Waals surface area contributed by atoms with Gasteiger partial charge in [-0.15, -0.1) is 0 Å². The van der Waals surface area contributed by atoms with E-state index in [9.17, 15) is 40.3 Å². The standard InChI is InChI=1S/C21H20F2N4O2.C19H15F5N4O2.C2H6.2H2/c22-20(23)14-2-1-3-15(24-14)21(28)26-17-10-27-9-16(13-6-7-13)25-19(27)8-18(17)29-11-12-4-5-12;20-17(21)11-2-1-3-12(25-11)18(29)27-14-8-28-7-13(10-4-5-10)26-16(28)6-15(14)30-9-19(22,23)24;1-2;;/h1-3,8-10,12-13,20H,4-7,11H2,(H,26,28);1-3,6-8,10,17H,4-5,9H2,(H,27,29);1-2H3;2*1H. The summed E-state index contributed by atoms with van der Waals surface area (Å²) in [6, 6.07) is 10.6. The minimum atomic E-state index is -4.59. The Kier molecular flexibility index (Phi) is 12.7. The Labute approximate surface area is 347 Å². The highest BCUT2D eigenvalue weighted by Crippen LogP contribution is 2.41. The monoisotopic (exact) mass is 858 g/mol. The van der Waals surface area contributed by atoms with Crippen molar-refractivity contribution >= 4 is 34.5 Å². The van der Waals surface area contributed by atoms with Gasteiger partial charge >= 0.3 is 6.18 Å². The molecule has 0 aliphatic heterocycles. The largest absolute Gasteiger partial charge is 0.491 e. The molecule has 12 nitrogen and oxygen atoms in total. The minimum absolute atomic E-state index is 0. The van der Waals surface area contributed by atoms with Crippen molar-refractivity contribution in [1.82, 2.24) is 28.7 Å². The summed E-state index contributed by atoms with van der Waals surface area (Å²) in [5, 5.41) is 5.15. The van der Waals surface area contributed by atoms with Crippen LogP contribution in [0.2, 0.25) is 0 Å². The van der Waals surface area contributed by atoms with Crippen LogP contribution in [0.5, 0.6) is 11.5 Å². The van der Waals surface area contributed by atoms with Crippen molar-refractivity contribution in [2.75, 3.05) is 23.8 Å². The first-order valence-corrected chi connectivity index (χ1v) is 19.8. The quantitative estimate of drug-likeness (QED) is 0.110. The van der Waals surface area contributed by atoms with Gasteiger partial charge in [-0.25, -0.2) is 37.5 Å². The number of halogens is 7. The van der Waals surface area contributed by atoms with Gasteiger partial charge in [-0.05, 0) is 68.7 Å². The first kappa shape index (κ1) is 42.8. The Bertz CT molecular complexity index is 2530. The van der Waals surface area contributed by atoms with E-state index in [1.165, 1.54) is 42.6 Å². The predicted octanol–water partition coefficient (Wildman–Crippen LogP) is 10.8. The second kappa shape index (κ2) is 18.1. The van der Waals surface area contributed by atoms with Gasteiger partial charge in [0.05, 0.1) is 18.0 Å². The van der Waals surface area contributed by atoms with Crippen LogP contribution in [0.25, 0.3) is 11.3 Å². The van der Waals surface area contributed by atoms with Gasteiger partial charge in [-0.1, -0.05) is 26.0 Å². The number of carbonyl (C=O) groups is 2. The molecule has 2 N–H and O–H groups in total. The van der Waals surface area contributed by atoms with Gasteiger partial charge in [0.1, 0.15) is 56.9 Å². The number of nitrogens with zero attached hydrogens (tertiary/aromatic N) is 6. The molecule has 3 aliphatic carbocycles. The van der Waals surface area contributed by atoms with Crippen molar-refractivity contribution < 1.29 is 52.6 Å². The van der Waals surface area contributed by atoms with Crippen molar-refractivity contribution in [2.24, 2.45) is 5.92 Å². The van der Waals surface area contributed by atoms with Crippen molar-refractivity contribution in [2.45, 2.75) is 83.2 Å². The van der Waals surface area contributed by atoms with Gasteiger partial charge in [0.25, 0.3) is 24.7 Å². The Morgan fingerprint density at radius 2 is 1.13 bits per heavy atom. The Morgan fingerprint density at radius 1 is 0.689 bits per heavy atom. The fourth-order valence-electron chi connectivity index (χ4n) is 6.07. The maximum atomic E-state index is 12.9. The summed E-state index contributed by atoms with van der Waals surface area (Å²) in [6.07, 6.45) is 3.16. The van der Waals surface area contributed by atoms with Gasteiger partial charge in [0.2, 0.25) is 0 Å². The molecule has 19 heteroatoms. The van der Waals surface area contributed by atoms with Crippen LogP contribution in [0.3, 0.4) is 0 Å². The second-order valence-electron chi connectivity index (χ2n) is 14.6. The molecular weight excluding hydrogens is 813 g/mol. The lowest BCUT2D eigenvalue weighted by atomic mass is 10.2. The molecule has 6 aromatic rings. The number of anilines is 2. The van der Waals surface area contributed by atoms with Crippen molar-refractivity contribution in [1.29, 1.82) is 0 Å². The van der Waals surface area contributed by atoms with E-state index >= 15 is 0 Å². The number of alkyl halides is 7. The summed E-state index contributed by atoms with van der Waals surface area (Å²) in [7, 11) is 0. The fourth-order valence-corrected chi connectivity index (χ4v) is 6.07. The van der Waals surface area contributed by atoms with E-state index in [4.69, 9.17) is 9.47 Å². The minimum Gasteiger partial charge on any atom is -0.491 e. The van der Waals surface area contributed by atoms with Crippen LogP contribution in [0.1, 0.15) is 124 Å². The summed E-state index contributed by atoms with van der Waals surface area (Å²) < 4.78 is 104. The van der Waals surface area contributed by atoms with Crippen molar-refractivity contribution in [3.8, 4) is 11.5 Å². The van der Waals surface area contributed by atoms with Crippen LogP contribution in [0.4, 0.5) is 42.1 Å². The van der Waals surface area contributed by atoms with Gasteiger partial charge in [-0.2, -0.15) is 13.2 Å². The van der Waals surface area contributed by atoms with Gasteiger partial charge in [0.15, 0.2) is 6.61 Å². The Balaban J connectivity index is 0.000000222. The first-order valence-electron chi connectivity index (χ1n) is 19.8. The number of nitrogens with one attached hydrogen (secondary N) is 2. The van der Waals surface area contributed by atoms with Gasteiger partial charge < -0.3 is 28.9 Å².